The van der Waals surface area contributed by atoms with Crippen LogP contribution in [0, 0.1) is 13.8 Å². The number of hydrogen-bond acceptors (Lipinski definition) is 5. The molecule has 0 aliphatic heterocycles. The van der Waals surface area contributed by atoms with Gasteiger partial charge in [0, 0.05) is 0 Å². The Hall–Kier alpha value is -1.89. The molecule has 0 radical (unpaired) electrons. The highest BCUT2D eigenvalue weighted by atomic mass is 79.9. The van der Waals surface area contributed by atoms with Crippen LogP contribution in [0.25, 0.3) is 0 Å². The van der Waals surface area contributed by atoms with Gasteiger partial charge >= 0.3 is 0 Å². The summed E-state index contributed by atoms with van der Waals surface area (Å²) in [6.45, 7) is 8.09. The van der Waals surface area contributed by atoms with E-state index in [-0.39, 0.29) is 5.56 Å². The number of hydrogen-bond donors (Lipinski definition) is 1. The van der Waals surface area contributed by atoms with Gasteiger partial charge in [0.15, 0.2) is 0 Å². The van der Waals surface area contributed by atoms with Crippen molar-refractivity contribution in [3.8, 4) is 0 Å². The van der Waals surface area contributed by atoms with E-state index in [9.17, 15) is 4.79 Å². The normalized spacial score (nSPS) is 10.6. The first-order chi connectivity index (χ1) is 9.52. The van der Waals surface area contributed by atoms with E-state index in [4.69, 9.17) is 4.42 Å². The van der Waals surface area contributed by atoms with Gasteiger partial charge in [0.1, 0.15) is 10.2 Å². The maximum absolute atomic E-state index is 12.0. The smallest absolute Gasteiger partial charge is 0.283 e. The Morgan fingerprint density at radius 1 is 1.55 bits per heavy atom. The first kappa shape index (κ1) is 14.5. The van der Waals surface area contributed by atoms with Gasteiger partial charge in [-0.3, -0.25) is 4.79 Å². The molecule has 6 nitrogen and oxygen atoms in total. The molecule has 0 fully saturated rings. The molecule has 2 rings (SSSR count). The number of allylic oxidation sites excluding steroid dienone is 1. The summed E-state index contributed by atoms with van der Waals surface area (Å²) < 4.78 is 7.21. The van der Waals surface area contributed by atoms with Crippen molar-refractivity contribution in [1.82, 2.24) is 14.8 Å². The van der Waals surface area contributed by atoms with Gasteiger partial charge in [-0.2, -0.15) is 5.10 Å². The molecule has 106 valence electrons. The molecule has 20 heavy (non-hydrogen) atoms. The quantitative estimate of drug-likeness (QED) is 0.847. The summed E-state index contributed by atoms with van der Waals surface area (Å²) in [6, 6.07) is 0. The van der Waals surface area contributed by atoms with Gasteiger partial charge in [-0.25, -0.2) is 9.67 Å². The maximum Gasteiger partial charge on any atom is 0.283 e. The summed E-state index contributed by atoms with van der Waals surface area (Å²) in [5, 5.41) is 7.13. The van der Waals surface area contributed by atoms with Crippen molar-refractivity contribution >= 4 is 21.6 Å². The van der Waals surface area contributed by atoms with Crippen LogP contribution in [0.4, 0.5) is 5.69 Å². The summed E-state index contributed by atoms with van der Waals surface area (Å²) >= 11 is 3.27. The molecular weight excluding hydrogens is 324 g/mol. The van der Waals surface area contributed by atoms with Crippen molar-refractivity contribution < 1.29 is 4.42 Å². The Labute approximate surface area is 124 Å². The molecule has 1 N–H and O–H groups in total. The lowest BCUT2D eigenvalue weighted by molar-refractivity contribution is 0.478. The lowest BCUT2D eigenvalue weighted by atomic mass is 10.4. The fourth-order valence-electron chi connectivity index (χ4n) is 1.63. The van der Waals surface area contributed by atoms with E-state index in [0.717, 1.165) is 11.5 Å². The largest absolute Gasteiger partial charge is 0.444 e. The fourth-order valence-corrected chi connectivity index (χ4v) is 2.07. The molecule has 0 bridgehead atoms. The number of anilines is 1. The Morgan fingerprint density at radius 2 is 2.30 bits per heavy atom. The first-order valence-corrected chi connectivity index (χ1v) is 6.85. The third kappa shape index (κ3) is 2.98. The molecule has 2 aromatic heterocycles. The van der Waals surface area contributed by atoms with Crippen LogP contribution in [0.1, 0.15) is 17.3 Å². The minimum absolute atomic E-state index is 0.213. The van der Waals surface area contributed by atoms with Crippen LogP contribution in [-0.2, 0) is 13.1 Å². The lowest BCUT2D eigenvalue weighted by Crippen LogP contribution is -2.23. The topological polar surface area (TPSA) is 73.0 Å². The molecular formula is C13H15BrN4O2. The molecule has 0 aromatic carbocycles. The van der Waals surface area contributed by atoms with Crippen molar-refractivity contribution in [2.75, 3.05) is 5.32 Å². The summed E-state index contributed by atoms with van der Waals surface area (Å²) in [5.41, 5.74) is 1.25. The van der Waals surface area contributed by atoms with Crippen LogP contribution in [0.3, 0.4) is 0 Å². The molecule has 2 heterocycles. The first-order valence-electron chi connectivity index (χ1n) is 6.06. The maximum atomic E-state index is 12.0. The van der Waals surface area contributed by atoms with Gasteiger partial charge < -0.3 is 9.73 Å². The van der Waals surface area contributed by atoms with Gasteiger partial charge in [-0.05, 0) is 29.8 Å². The van der Waals surface area contributed by atoms with Crippen molar-refractivity contribution in [3.63, 3.8) is 0 Å². The van der Waals surface area contributed by atoms with Gasteiger partial charge in [-0.1, -0.05) is 6.08 Å². The number of oxazole rings is 1. The average Bonchev–Trinajstić information content (AvgIpc) is 2.74. The lowest BCUT2D eigenvalue weighted by Gasteiger charge is -2.08. The van der Waals surface area contributed by atoms with Crippen LogP contribution >= 0.6 is 15.9 Å². The van der Waals surface area contributed by atoms with E-state index < -0.39 is 0 Å². The number of nitrogens with one attached hydrogen (secondary N) is 1. The highest BCUT2D eigenvalue weighted by Crippen LogP contribution is 2.17. The zero-order valence-electron chi connectivity index (χ0n) is 11.3. The van der Waals surface area contributed by atoms with E-state index >= 15 is 0 Å². The predicted molar refractivity (Wildman–Crippen MR) is 79.7 cm³/mol. The molecule has 0 aliphatic carbocycles. The molecule has 0 unspecified atom stereocenters. The van der Waals surface area contributed by atoms with Crippen LogP contribution in [0.15, 0.2) is 32.5 Å². The van der Waals surface area contributed by atoms with Gasteiger partial charge in [0.05, 0.1) is 30.7 Å². The van der Waals surface area contributed by atoms with E-state index in [1.54, 1.807) is 12.3 Å². The minimum Gasteiger partial charge on any atom is -0.444 e. The Bertz CT molecular complexity index is 671. The molecule has 0 amide bonds. The number of aryl methyl sites for hydroxylation is 2. The molecule has 0 saturated heterocycles. The average molecular weight is 339 g/mol. The number of rotatable bonds is 5. The van der Waals surface area contributed by atoms with Crippen molar-refractivity contribution in [1.29, 1.82) is 0 Å². The van der Waals surface area contributed by atoms with Crippen LogP contribution in [0.5, 0.6) is 0 Å². The summed E-state index contributed by atoms with van der Waals surface area (Å²) in [5.74, 6) is 1.36. The number of aromatic nitrogens is 3. The van der Waals surface area contributed by atoms with Crippen molar-refractivity contribution in [2.24, 2.45) is 0 Å². The summed E-state index contributed by atoms with van der Waals surface area (Å²) in [4.78, 5) is 16.2. The third-order valence-electron chi connectivity index (χ3n) is 2.79. The SMILES string of the molecule is C=CCn1ncc(NCc2nc(C)c(C)o2)c(Br)c1=O. The Kier molecular flexibility index (Phi) is 4.39. The molecule has 0 atom stereocenters. The van der Waals surface area contributed by atoms with Gasteiger partial charge in [-0.15, -0.1) is 6.58 Å². The van der Waals surface area contributed by atoms with Gasteiger partial charge in [0.2, 0.25) is 5.89 Å². The molecule has 0 aliphatic rings. The fraction of sp³-hybridized carbons (Fsp3) is 0.308. The molecule has 0 spiro atoms. The van der Waals surface area contributed by atoms with E-state index in [1.165, 1.54) is 4.68 Å². The minimum atomic E-state index is -0.213. The number of halogens is 1. The standard InChI is InChI=1S/C13H15BrN4O2/c1-4-5-18-13(19)12(14)10(6-16-18)15-7-11-17-8(2)9(3)20-11/h4,6,15H,1,5,7H2,2-3H3. The van der Waals surface area contributed by atoms with Crippen LogP contribution in [-0.4, -0.2) is 14.8 Å². The monoisotopic (exact) mass is 338 g/mol. The zero-order valence-corrected chi connectivity index (χ0v) is 12.9. The third-order valence-corrected chi connectivity index (χ3v) is 3.56. The Balaban J connectivity index is 2.16. The number of nitrogens with zero attached hydrogens (tertiary/aromatic N) is 3. The molecule has 2 aromatic rings. The summed E-state index contributed by atoms with van der Waals surface area (Å²) in [6.07, 6.45) is 3.20. The highest BCUT2D eigenvalue weighted by Gasteiger charge is 2.10. The van der Waals surface area contributed by atoms with Crippen LogP contribution in [0.2, 0.25) is 0 Å². The van der Waals surface area contributed by atoms with E-state index in [2.05, 4.69) is 37.9 Å². The van der Waals surface area contributed by atoms with Crippen LogP contribution < -0.4 is 10.9 Å². The second-order valence-corrected chi connectivity index (χ2v) is 5.04. The highest BCUT2D eigenvalue weighted by molar-refractivity contribution is 9.10. The second kappa shape index (κ2) is 6.04. The predicted octanol–water partition coefficient (Wildman–Crippen LogP) is 2.41. The summed E-state index contributed by atoms with van der Waals surface area (Å²) in [7, 11) is 0. The van der Waals surface area contributed by atoms with E-state index in [1.807, 2.05) is 13.8 Å². The van der Waals surface area contributed by atoms with Crippen molar-refractivity contribution in [2.45, 2.75) is 26.9 Å². The van der Waals surface area contributed by atoms with E-state index in [0.29, 0.717) is 29.1 Å². The zero-order chi connectivity index (χ0) is 14.7. The van der Waals surface area contributed by atoms with Crippen molar-refractivity contribution in [3.05, 3.63) is 51.0 Å². The molecule has 0 saturated carbocycles. The Morgan fingerprint density at radius 3 is 2.90 bits per heavy atom. The second-order valence-electron chi connectivity index (χ2n) is 4.25. The molecule has 7 heteroatoms. The van der Waals surface area contributed by atoms with Gasteiger partial charge in [0.25, 0.3) is 5.56 Å².